The van der Waals surface area contributed by atoms with Gasteiger partial charge in [0.25, 0.3) is 5.91 Å². The number of amides is 1. The van der Waals surface area contributed by atoms with E-state index in [-0.39, 0.29) is 5.91 Å². The Morgan fingerprint density at radius 3 is 2.77 bits per heavy atom. The summed E-state index contributed by atoms with van der Waals surface area (Å²) in [5.74, 6) is 1.85. The third-order valence-corrected chi connectivity index (χ3v) is 4.37. The molecule has 0 aliphatic carbocycles. The van der Waals surface area contributed by atoms with Crippen LogP contribution in [-0.2, 0) is 11.3 Å². The second-order valence-electron chi connectivity index (χ2n) is 6.21. The van der Waals surface area contributed by atoms with Gasteiger partial charge in [0, 0.05) is 12.2 Å². The number of benzene rings is 1. The zero-order valence-corrected chi connectivity index (χ0v) is 14.6. The Labute approximate surface area is 150 Å². The largest absolute Gasteiger partial charge is 0.464 e. The standard InChI is InChI=1S/C19H19N5O2/c1-12-8-9-15(26-12)17-16(13(2)23-19-21-11-22-24(17)19)18(25)20-10-14-6-4-3-5-7-14/h3-9,11,17H,10H2,1-2H3,(H,20,25)(H,21,22,23)/t17-/m0/s1. The fraction of sp³-hybridized carbons (Fsp3) is 0.211. The Morgan fingerprint density at radius 1 is 1.23 bits per heavy atom. The molecule has 3 aromatic rings. The van der Waals surface area contributed by atoms with Crippen molar-refractivity contribution in [2.24, 2.45) is 0 Å². The molecule has 0 spiro atoms. The van der Waals surface area contributed by atoms with Crippen molar-refractivity contribution >= 4 is 11.9 Å². The lowest BCUT2D eigenvalue weighted by Gasteiger charge is -2.27. The Bertz CT molecular complexity index is 971. The number of fused-ring (bicyclic) bond motifs is 1. The SMILES string of the molecule is CC1=C(C(=O)NCc2ccccc2)[C@H](c2ccc(C)o2)n2ncnc2N1. The van der Waals surface area contributed by atoms with Crippen molar-refractivity contribution < 1.29 is 9.21 Å². The molecular formula is C19H19N5O2. The molecule has 1 aromatic carbocycles. The molecule has 1 atom stereocenters. The maximum atomic E-state index is 13.0. The van der Waals surface area contributed by atoms with Crippen molar-refractivity contribution in [3.8, 4) is 0 Å². The van der Waals surface area contributed by atoms with Crippen LogP contribution >= 0.6 is 0 Å². The lowest BCUT2D eigenvalue weighted by atomic mass is 10.00. The number of furan rings is 1. The van der Waals surface area contributed by atoms with E-state index in [1.54, 1.807) is 4.68 Å². The summed E-state index contributed by atoms with van der Waals surface area (Å²) in [6, 6.07) is 13.1. The van der Waals surface area contributed by atoms with Crippen LogP contribution in [0.25, 0.3) is 0 Å². The van der Waals surface area contributed by atoms with Crippen molar-refractivity contribution in [3.05, 3.63) is 77.1 Å². The number of hydrogen-bond donors (Lipinski definition) is 2. The van der Waals surface area contributed by atoms with E-state index in [9.17, 15) is 4.79 Å². The number of allylic oxidation sites excluding steroid dienone is 1. The fourth-order valence-electron chi connectivity index (χ4n) is 3.12. The van der Waals surface area contributed by atoms with Gasteiger partial charge in [-0.3, -0.25) is 4.79 Å². The molecule has 0 fully saturated rings. The average molecular weight is 349 g/mol. The number of hydrogen-bond acceptors (Lipinski definition) is 5. The van der Waals surface area contributed by atoms with E-state index in [0.717, 1.165) is 17.0 Å². The van der Waals surface area contributed by atoms with Crippen molar-refractivity contribution in [2.45, 2.75) is 26.4 Å². The first kappa shape index (κ1) is 16.1. The summed E-state index contributed by atoms with van der Waals surface area (Å²) in [6.45, 7) is 4.18. The smallest absolute Gasteiger partial charge is 0.251 e. The number of carbonyl (C=O) groups is 1. The van der Waals surface area contributed by atoms with Crippen LogP contribution in [0, 0.1) is 6.92 Å². The second-order valence-corrected chi connectivity index (χ2v) is 6.21. The number of carbonyl (C=O) groups excluding carboxylic acids is 1. The normalized spacial score (nSPS) is 16.2. The number of aromatic nitrogens is 3. The molecule has 0 saturated heterocycles. The van der Waals surface area contributed by atoms with Crippen molar-refractivity contribution in [1.29, 1.82) is 0 Å². The van der Waals surface area contributed by atoms with Gasteiger partial charge >= 0.3 is 0 Å². The third-order valence-electron chi connectivity index (χ3n) is 4.37. The minimum atomic E-state index is -0.460. The summed E-state index contributed by atoms with van der Waals surface area (Å²) >= 11 is 0. The highest BCUT2D eigenvalue weighted by molar-refractivity contribution is 5.96. The molecule has 0 saturated carbocycles. The van der Waals surface area contributed by atoms with Gasteiger partial charge in [0.2, 0.25) is 5.95 Å². The van der Waals surface area contributed by atoms with E-state index in [1.807, 2.05) is 56.3 Å². The Kier molecular flexibility index (Phi) is 4.04. The highest BCUT2D eigenvalue weighted by Gasteiger charge is 2.35. The molecule has 2 aromatic heterocycles. The minimum absolute atomic E-state index is 0.168. The van der Waals surface area contributed by atoms with Crippen LogP contribution in [0.4, 0.5) is 5.95 Å². The maximum Gasteiger partial charge on any atom is 0.251 e. The minimum Gasteiger partial charge on any atom is -0.464 e. The quantitative estimate of drug-likeness (QED) is 0.756. The summed E-state index contributed by atoms with van der Waals surface area (Å²) in [6.07, 6.45) is 1.46. The van der Waals surface area contributed by atoms with E-state index >= 15 is 0 Å². The van der Waals surface area contributed by atoms with Crippen LogP contribution in [0.15, 0.2) is 64.5 Å². The third kappa shape index (κ3) is 2.88. The molecule has 0 radical (unpaired) electrons. The topological polar surface area (TPSA) is 85.0 Å². The molecule has 0 unspecified atom stereocenters. The molecular weight excluding hydrogens is 330 g/mol. The Morgan fingerprint density at radius 2 is 2.04 bits per heavy atom. The van der Waals surface area contributed by atoms with Gasteiger partial charge in [0.05, 0.1) is 5.57 Å². The molecule has 1 aliphatic heterocycles. The van der Waals surface area contributed by atoms with Crippen LogP contribution in [0.1, 0.15) is 30.0 Å². The predicted molar refractivity (Wildman–Crippen MR) is 96.2 cm³/mol. The highest BCUT2D eigenvalue weighted by atomic mass is 16.3. The number of aryl methyl sites for hydroxylation is 1. The second kappa shape index (κ2) is 6.51. The lowest BCUT2D eigenvalue weighted by molar-refractivity contribution is -0.118. The van der Waals surface area contributed by atoms with Crippen LogP contribution in [-0.4, -0.2) is 20.7 Å². The Hall–Kier alpha value is -3.35. The van der Waals surface area contributed by atoms with Crippen LogP contribution in [0.3, 0.4) is 0 Å². The first-order valence-corrected chi connectivity index (χ1v) is 8.39. The molecule has 1 amide bonds. The number of nitrogens with one attached hydrogen (secondary N) is 2. The lowest BCUT2D eigenvalue weighted by Crippen LogP contribution is -2.34. The van der Waals surface area contributed by atoms with Gasteiger partial charge in [0.15, 0.2) is 0 Å². The monoisotopic (exact) mass is 349 g/mol. The molecule has 0 bridgehead atoms. The van der Waals surface area contributed by atoms with Gasteiger partial charge in [-0.25, -0.2) is 4.68 Å². The molecule has 132 valence electrons. The molecule has 2 N–H and O–H groups in total. The summed E-state index contributed by atoms with van der Waals surface area (Å²) < 4.78 is 7.48. The van der Waals surface area contributed by atoms with Crippen molar-refractivity contribution in [3.63, 3.8) is 0 Å². The van der Waals surface area contributed by atoms with Gasteiger partial charge < -0.3 is 15.1 Å². The molecule has 3 heterocycles. The van der Waals surface area contributed by atoms with Gasteiger partial charge in [-0.05, 0) is 31.5 Å². The maximum absolute atomic E-state index is 13.0. The zero-order chi connectivity index (χ0) is 18.1. The van der Waals surface area contributed by atoms with E-state index in [1.165, 1.54) is 6.33 Å². The summed E-state index contributed by atoms with van der Waals surface area (Å²) in [5, 5.41) is 10.4. The average Bonchev–Trinajstić information content (AvgIpc) is 3.28. The van der Waals surface area contributed by atoms with Crippen molar-refractivity contribution in [1.82, 2.24) is 20.1 Å². The van der Waals surface area contributed by atoms with Gasteiger partial charge in [-0.2, -0.15) is 10.1 Å². The fourth-order valence-corrected chi connectivity index (χ4v) is 3.12. The van der Waals surface area contributed by atoms with Crippen LogP contribution in [0.5, 0.6) is 0 Å². The summed E-state index contributed by atoms with van der Waals surface area (Å²) in [7, 11) is 0. The number of anilines is 1. The first-order valence-electron chi connectivity index (χ1n) is 8.39. The van der Waals surface area contributed by atoms with Crippen LogP contribution < -0.4 is 10.6 Å². The first-order chi connectivity index (χ1) is 12.6. The molecule has 7 heteroatoms. The number of rotatable bonds is 4. The molecule has 26 heavy (non-hydrogen) atoms. The zero-order valence-electron chi connectivity index (χ0n) is 14.6. The Balaban J connectivity index is 1.66. The van der Waals surface area contributed by atoms with E-state index < -0.39 is 6.04 Å². The predicted octanol–water partition coefficient (Wildman–Crippen LogP) is 2.78. The van der Waals surface area contributed by atoms with E-state index in [4.69, 9.17) is 4.42 Å². The van der Waals surface area contributed by atoms with Gasteiger partial charge in [0.1, 0.15) is 23.9 Å². The van der Waals surface area contributed by atoms with E-state index in [0.29, 0.717) is 23.8 Å². The summed E-state index contributed by atoms with van der Waals surface area (Å²) in [5.41, 5.74) is 2.33. The van der Waals surface area contributed by atoms with Crippen molar-refractivity contribution in [2.75, 3.05) is 5.32 Å². The van der Waals surface area contributed by atoms with Crippen LogP contribution in [0.2, 0.25) is 0 Å². The molecule has 1 aliphatic rings. The van der Waals surface area contributed by atoms with E-state index in [2.05, 4.69) is 20.7 Å². The van der Waals surface area contributed by atoms with Gasteiger partial charge in [-0.1, -0.05) is 30.3 Å². The molecule has 4 rings (SSSR count). The van der Waals surface area contributed by atoms with Gasteiger partial charge in [-0.15, -0.1) is 0 Å². The number of nitrogens with zero attached hydrogens (tertiary/aromatic N) is 3. The summed E-state index contributed by atoms with van der Waals surface area (Å²) in [4.78, 5) is 17.2. The highest BCUT2D eigenvalue weighted by Crippen LogP contribution is 2.35. The molecule has 7 nitrogen and oxygen atoms in total.